The van der Waals surface area contributed by atoms with Crippen molar-refractivity contribution in [2.24, 2.45) is 11.0 Å². The van der Waals surface area contributed by atoms with Crippen molar-refractivity contribution in [2.75, 3.05) is 0 Å². The number of carbonyl (C=O) groups is 2. The fourth-order valence-electron chi connectivity index (χ4n) is 4.29. The topological polar surface area (TPSA) is 70.0 Å². The number of nitrogens with zero attached hydrogens (tertiary/aromatic N) is 2. The maximum Gasteiger partial charge on any atom is 0.303 e. The summed E-state index contributed by atoms with van der Waals surface area (Å²) in [6, 6.07) is 11.8. The van der Waals surface area contributed by atoms with Gasteiger partial charge in [0.2, 0.25) is 5.91 Å². The maximum absolute atomic E-state index is 13.5. The van der Waals surface area contributed by atoms with E-state index in [4.69, 9.17) is 5.11 Å². The molecule has 1 heterocycles. The Morgan fingerprint density at radius 1 is 1.03 bits per heavy atom. The molecule has 31 heavy (non-hydrogen) atoms. The molecule has 0 bridgehead atoms. The predicted molar refractivity (Wildman–Crippen MR) is 112 cm³/mol. The number of benzene rings is 2. The van der Waals surface area contributed by atoms with Crippen molar-refractivity contribution in [2.45, 2.75) is 38.1 Å². The summed E-state index contributed by atoms with van der Waals surface area (Å²) in [5.74, 6) is -2.17. The molecule has 7 heteroatoms. The molecule has 1 saturated carbocycles. The molecule has 1 amide bonds. The van der Waals surface area contributed by atoms with Crippen LogP contribution in [-0.4, -0.2) is 27.7 Å². The first kappa shape index (κ1) is 20.9. The van der Waals surface area contributed by atoms with E-state index in [0.717, 1.165) is 41.7 Å². The minimum atomic E-state index is -1.05. The van der Waals surface area contributed by atoms with Gasteiger partial charge in [-0.05, 0) is 66.3 Å². The lowest BCUT2D eigenvalue weighted by Crippen LogP contribution is -2.32. The normalized spacial score (nSPS) is 21.7. The number of hydrazone groups is 1. The van der Waals surface area contributed by atoms with Gasteiger partial charge in [-0.2, -0.15) is 5.10 Å². The lowest BCUT2D eigenvalue weighted by molar-refractivity contribution is -0.141. The number of amides is 1. The van der Waals surface area contributed by atoms with E-state index in [9.17, 15) is 18.4 Å². The van der Waals surface area contributed by atoms with E-state index in [0.29, 0.717) is 0 Å². The van der Waals surface area contributed by atoms with Crippen LogP contribution >= 0.6 is 0 Å². The number of hydrogen-bond acceptors (Lipinski definition) is 3. The minimum absolute atomic E-state index is 0.0697. The second-order valence-electron chi connectivity index (χ2n) is 7.83. The first-order valence-electron chi connectivity index (χ1n) is 10.3. The van der Waals surface area contributed by atoms with Crippen LogP contribution in [0.1, 0.15) is 49.3 Å². The van der Waals surface area contributed by atoms with E-state index in [2.05, 4.69) is 5.10 Å². The molecule has 0 radical (unpaired) electrons. The molecule has 1 aliphatic carbocycles. The summed E-state index contributed by atoms with van der Waals surface area (Å²) in [5.41, 5.74) is 3.36. The SMILES string of the molecule is O=C(O)CCC(=O)N1N=C2/C(=C/c3ccc(F)cc3)CCC[C@H]2[C@H]1c1ccc(F)cc1. The highest BCUT2D eigenvalue weighted by Crippen LogP contribution is 2.44. The molecule has 160 valence electrons. The number of carbonyl (C=O) groups excluding carboxylic acids is 1. The summed E-state index contributed by atoms with van der Waals surface area (Å²) in [4.78, 5) is 23.8. The van der Waals surface area contributed by atoms with Crippen LogP contribution in [-0.2, 0) is 9.59 Å². The smallest absolute Gasteiger partial charge is 0.303 e. The largest absolute Gasteiger partial charge is 0.481 e. The van der Waals surface area contributed by atoms with Crippen molar-refractivity contribution >= 4 is 23.7 Å². The van der Waals surface area contributed by atoms with Gasteiger partial charge in [-0.1, -0.05) is 24.3 Å². The monoisotopic (exact) mass is 424 g/mol. The highest BCUT2D eigenvalue weighted by atomic mass is 19.1. The van der Waals surface area contributed by atoms with Crippen LogP contribution in [0.25, 0.3) is 6.08 Å². The Labute approximate surface area is 178 Å². The van der Waals surface area contributed by atoms with Crippen molar-refractivity contribution in [1.29, 1.82) is 0 Å². The highest BCUT2D eigenvalue weighted by Gasteiger charge is 2.43. The van der Waals surface area contributed by atoms with E-state index >= 15 is 0 Å². The van der Waals surface area contributed by atoms with Crippen LogP contribution in [0.5, 0.6) is 0 Å². The van der Waals surface area contributed by atoms with Gasteiger partial charge in [0, 0.05) is 12.3 Å². The van der Waals surface area contributed by atoms with Gasteiger partial charge in [-0.15, -0.1) is 0 Å². The van der Waals surface area contributed by atoms with Gasteiger partial charge in [0.15, 0.2) is 0 Å². The lowest BCUT2D eigenvalue weighted by atomic mass is 9.77. The Morgan fingerprint density at radius 2 is 1.68 bits per heavy atom. The molecule has 0 unspecified atom stereocenters. The molecule has 2 atom stereocenters. The van der Waals surface area contributed by atoms with Crippen LogP contribution in [0, 0.1) is 17.6 Å². The molecule has 1 fully saturated rings. The fraction of sp³-hybridized carbons (Fsp3) is 0.292. The number of halogens is 2. The first-order valence-corrected chi connectivity index (χ1v) is 10.3. The number of fused-ring (bicyclic) bond motifs is 1. The molecule has 1 N–H and O–H groups in total. The summed E-state index contributed by atoms with van der Waals surface area (Å²) in [6.45, 7) is 0. The number of allylic oxidation sites excluding steroid dienone is 1. The summed E-state index contributed by atoms with van der Waals surface area (Å²) in [7, 11) is 0. The van der Waals surface area contributed by atoms with Crippen molar-refractivity contribution in [3.05, 3.63) is 76.9 Å². The van der Waals surface area contributed by atoms with E-state index in [1.807, 2.05) is 6.08 Å². The molecule has 0 saturated heterocycles. The van der Waals surface area contributed by atoms with Crippen molar-refractivity contribution in [3.8, 4) is 0 Å². The van der Waals surface area contributed by atoms with E-state index < -0.39 is 12.0 Å². The van der Waals surface area contributed by atoms with Crippen LogP contribution in [0.4, 0.5) is 8.78 Å². The number of carboxylic acid groups (broad SMARTS) is 1. The standard InChI is InChI=1S/C24H22F2N2O3/c25-18-8-4-15(5-9-18)14-17-2-1-3-20-23(17)27-28(21(29)12-13-22(30)31)24(20)16-6-10-19(26)11-7-16/h4-11,14,20,24H,1-3,12-13H2,(H,30,31)/b17-14+/t20-,24-/m1/s1. The van der Waals surface area contributed by atoms with Gasteiger partial charge in [0.1, 0.15) is 11.6 Å². The fourth-order valence-corrected chi connectivity index (χ4v) is 4.29. The Kier molecular flexibility index (Phi) is 5.93. The molecule has 5 nitrogen and oxygen atoms in total. The summed E-state index contributed by atoms with van der Waals surface area (Å²) >= 11 is 0. The molecule has 4 rings (SSSR count). The Morgan fingerprint density at radius 3 is 2.32 bits per heavy atom. The maximum atomic E-state index is 13.5. The quantitative estimate of drug-likeness (QED) is 0.738. The van der Waals surface area contributed by atoms with Gasteiger partial charge in [-0.25, -0.2) is 13.8 Å². The molecule has 2 aromatic rings. The lowest BCUT2D eigenvalue weighted by Gasteiger charge is -2.29. The summed E-state index contributed by atoms with van der Waals surface area (Å²) < 4.78 is 26.8. The molecule has 2 aromatic carbocycles. The second-order valence-corrected chi connectivity index (χ2v) is 7.83. The Bertz CT molecular complexity index is 1050. The van der Waals surface area contributed by atoms with Gasteiger partial charge in [-0.3, -0.25) is 9.59 Å². The van der Waals surface area contributed by atoms with Gasteiger partial charge in [0.05, 0.1) is 18.2 Å². The minimum Gasteiger partial charge on any atom is -0.481 e. The molecule has 2 aliphatic rings. The van der Waals surface area contributed by atoms with E-state index in [-0.39, 0.29) is 36.3 Å². The molecular formula is C24H22F2N2O3. The van der Waals surface area contributed by atoms with Gasteiger partial charge in [0.25, 0.3) is 0 Å². The van der Waals surface area contributed by atoms with Crippen molar-refractivity contribution in [1.82, 2.24) is 5.01 Å². The molecule has 0 aromatic heterocycles. The molecule has 1 aliphatic heterocycles. The van der Waals surface area contributed by atoms with Crippen LogP contribution in [0.2, 0.25) is 0 Å². The summed E-state index contributed by atoms with van der Waals surface area (Å²) in [5, 5.41) is 15.0. The Balaban J connectivity index is 1.70. The van der Waals surface area contributed by atoms with Crippen LogP contribution in [0.3, 0.4) is 0 Å². The van der Waals surface area contributed by atoms with E-state index in [1.54, 1.807) is 24.3 Å². The number of carboxylic acids is 1. The third-order valence-corrected chi connectivity index (χ3v) is 5.73. The van der Waals surface area contributed by atoms with Crippen molar-refractivity contribution in [3.63, 3.8) is 0 Å². The van der Waals surface area contributed by atoms with Crippen LogP contribution < -0.4 is 0 Å². The number of aliphatic carboxylic acids is 1. The van der Waals surface area contributed by atoms with Gasteiger partial charge < -0.3 is 5.11 Å². The zero-order valence-corrected chi connectivity index (χ0v) is 16.8. The van der Waals surface area contributed by atoms with Crippen LogP contribution in [0.15, 0.2) is 59.2 Å². The predicted octanol–water partition coefficient (Wildman–Crippen LogP) is 4.95. The zero-order valence-electron chi connectivity index (χ0n) is 16.8. The van der Waals surface area contributed by atoms with Gasteiger partial charge >= 0.3 is 5.97 Å². The second kappa shape index (κ2) is 8.79. The number of rotatable bonds is 5. The Hall–Kier alpha value is -3.35. The average Bonchev–Trinajstić information content (AvgIpc) is 3.15. The van der Waals surface area contributed by atoms with E-state index in [1.165, 1.54) is 29.3 Å². The summed E-state index contributed by atoms with van der Waals surface area (Å²) in [6.07, 6.45) is 4.00. The molecule has 0 spiro atoms. The zero-order chi connectivity index (χ0) is 22.0. The van der Waals surface area contributed by atoms with Crippen molar-refractivity contribution < 1.29 is 23.5 Å². The first-order chi connectivity index (χ1) is 14.9. The third kappa shape index (κ3) is 4.55. The third-order valence-electron chi connectivity index (χ3n) is 5.73. The highest BCUT2D eigenvalue weighted by molar-refractivity contribution is 6.08. The molecular weight excluding hydrogens is 402 g/mol. The average molecular weight is 424 g/mol. The number of hydrogen-bond donors (Lipinski definition) is 1.